The smallest absolute Gasteiger partial charge is 0.237 e. The lowest BCUT2D eigenvalue weighted by atomic mass is 10.0. The van der Waals surface area contributed by atoms with Crippen LogP contribution in [0, 0.1) is 5.92 Å². The lowest BCUT2D eigenvalue weighted by Crippen LogP contribution is -2.34. The molecule has 0 fully saturated rings. The number of hydrogen-bond donors (Lipinski definition) is 4. The van der Waals surface area contributed by atoms with E-state index in [2.05, 4.69) is 10.6 Å². The standard InChI is InChI=1S/C17H15Cl3N2O4/c18-6-5-11(16(25)21-9-1-3-12(19)14(23)7-9)17(26)22-10-2-4-13(20)15(24)8-10/h1-4,7-8,11,23-24H,5-6H2,(H,21,25)(H,22,26). The van der Waals surface area contributed by atoms with Crippen LogP contribution in [0.4, 0.5) is 11.4 Å². The van der Waals surface area contributed by atoms with Crippen LogP contribution in [0.5, 0.6) is 11.5 Å². The van der Waals surface area contributed by atoms with Crippen LogP contribution in [0.15, 0.2) is 36.4 Å². The van der Waals surface area contributed by atoms with Crippen LogP contribution in [0.25, 0.3) is 0 Å². The number of carbonyl (C=O) groups excluding carboxylic acids is 2. The summed E-state index contributed by atoms with van der Waals surface area (Å²) in [6.45, 7) is 0. The number of carbonyl (C=O) groups is 2. The fraction of sp³-hybridized carbons (Fsp3) is 0.176. The van der Waals surface area contributed by atoms with Crippen molar-refractivity contribution in [2.45, 2.75) is 6.42 Å². The molecule has 0 aliphatic heterocycles. The van der Waals surface area contributed by atoms with E-state index >= 15 is 0 Å². The molecule has 138 valence electrons. The number of rotatable bonds is 6. The van der Waals surface area contributed by atoms with Crippen molar-refractivity contribution in [1.82, 2.24) is 0 Å². The molecule has 0 aliphatic carbocycles. The quantitative estimate of drug-likeness (QED) is 0.417. The Bertz CT molecular complexity index is 764. The number of hydrogen-bond acceptors (Lipinski definition) is 4. The second-order valence-electron chi connectivity index (χ2n) is 5.34. The first-order valence-electron chi connectivity index (χ1n) is 7.46. The van der Waals surface area contributed by atoms with Crippen molar-refractivity contribution in [3.8, 4) is 11.5 Å². The summed E-state index contributed by atoms with van der Waals surface area (Å²) in [6, 6.07) is 8.36. The SMILES string of the molecule is O=C(Nc1ccc(Cl)c(O)c1)C(CCCl)C(=O)Nc1ccc(Cl)c(O)c1. The molecule has 0 bridgehead atoms. The van der Waals surface area contributed by atoms with Gasteiger partial charge < -0.3 is 20.8 Å². The Hall–Kier alpha value is -2.15. The fourth-order valence-electron chi connectivity index (χ4n) is 2.13. The van der Waals surface area contributed by atoms with Crippen LogP contribution < -0.4 is 10.6 Å². The third-order valence-corrected chi connectivity index (χ3v) is 4.32. The average molecular weight is 418 g/mol. The summed E-state index contributed by atoms with van der Waals surface area (Å²) in [5.41, 5.74) is 0.571. The van der Waals surface area contributed by atoms with Gasteiger partial charge in [-0.25, -0.2) is 0 Å². The minimum absolute atomic E-state index is 0.0865. The molecule has 6 nitrogen and oxygen atoms in total. The van der Waals surface area contributed by atoms with E-state index < -0.39 is 17.7 Å². The highest BCUT2D eigenvalue weighted by molar-refractivity contribution is 6.32. The summed E-state index contributed by atoms with van der Waals surface area (Å²) in [5, 5.41) is 24.5. The van der Waals surface area contributed by atoms with Crippen LogP contribution >= 0.6 is 34.8 Å². The minimum Gasteiger partial charge on any atom is -0.506 e. The molecule has 26 heavy (non-hydrogen) atoms. The van der Waals surface area contributed by atoms with Gasteiger partial charge in [-0.15, -0.1) is 11.6 Å². The Morgan fingerprint density at radius 1 is 0.885 bits per heavy atom. The van der Waals surface area contributed by atoms with Crippen molar-refractivity contribution < 1.29 is 19.8 Å². The van der Waals surface area contributed by atoms with E-state index in [1.165, 1.54) is 36.4 Å². The van der Waals surface area contributed by atoms with Crippen LogP contribution in [0.2, 0.25) is 10.0 Å². The normalized spacial score (nSPS) is 10.6. The van der Waals surface area contributed by atoms with Gasteiger partial charge in [0.1, 0.15) is 17.4 Å². The lowest BCUT2D eigenvalue weighted by Gasteiger charge is -2.16. The van der Waals surface area contributed by atoms with Gasteiger partial charge in [0.25, 0.3) is 0 Å². The molecular weight excluding hydrogens is 403 g/mol. The molecule has 0 saturated carbocycles. The summed E-state index contributed by atoms with van der Waals surface area (Å²) in [7, 11) is 0. The van der Waals surface area contributed by atoms with Crippen LogP contribution in [-0.2, 0) is 9.59 Å². The van der Waals surface area contributed by atoms with Gasteiger partial charge in [0.15, 0.2) is 0 Å². The summed E-state index contributed by atoms with van der Waals surface area (Å²) in [4.78, 5) is 24.9. The molecule has 9 heteroatoms. The monoisotopic (exact) mass is 416 g/mol. The Kier molecular flexibility index (Phi) is 6.97. The van der Waals surface area contributed by atoms with E-state index in [-0.39, 0.29) is 45.2 Å². The first-order chi connectivity index (χ1) is 12.3. The highest BCUT2D eigenvalue weighted by atomic mass is 35.5. The predicted molar refractivity (Wildman–Crippen MR) is 102 cm³/mol. The topological polar surface area (TPSA) is 98.7 Å². The van der Waals surface area contributed by atoms with E-state index in [9.17, 15) is 19.8 Å². The molecule has 0 saturated heterocycles. The number of aromatic hydroxyl groups is 2. The zero-order valence-electron chi connectivity index (χ0n) is 13.3. The van der Waals surface area contributed by atoms with Gasteiger partial charge in [0.05, 0.1) is 10.0 Å². The minimum atomic E-state index is -1.08. The maximum atomic E-state index is 12.4. The predicted octanol–water partition coefficient (Wildman–Crippen LogP) is 4.23. The molecule has 0 aromatic heterocycles. The maximum Gasteiger partial charge on any atom is 0.237 e. The summed E-state index contributed by atoms with van der Waals surface area (Å²) < 4.78 is 0. The summed E-state index contributed by atoms with van der Waals surface area (Å²) in [5.74, 6) is -2.57. The number of benzene rings is 2. The molecule has 0 atom stereocenters. The van der Waals surface area contributed by atoms with E-state index in [4.69, 9.17) is 34.8 Å². The fourth-order valence-corrected chi connectivity index (χ4v) is 2.58. The molecule has 2 aromatic carbocycles. The third-order valence-electron chi connectivity index (χ3n) is 3.46. The Balaban J connectivity index is 2.12. The van der Waals surface area contributed by atoms with Gasteiger partial charge in [0, 0.05) is 29.4 Å². The number of alkyl halides is 1. The van der Waals surface area contributed by atoms with E-state index in [0.29, 0.717) is 0 Å². The van der Waals surface area contributed by atoms with Gasteiger partial charge in [-0.3, -0.25) is 9.59 Å². The van der Waals surface area contributed by atoms with Crippen LogP contribution in [-0.4, -0.2) is 27.9 Å². The largest absolute Gasteiger partial charge is 0.506 e. The molecule has 0 heterocycles. The van der Waals surface area contributed by atoms with Gasteiger partial charge in [-0.2, -0.15) is 0 Å². The molecule has 0 radical (unpaired) electrons. The van der Waals surface area contributed by atoms with Crippen LogP contribution in [0.1, 0.15) is 6.42 Å². The van der Waals surface area contributed by atoms with E-state index in [1.54, 1.807) is 0 Å². The van der Waals surface area contributed by atoms with Crippen molar-refractivity contribution in [3.05, 3.63) is 46.4 Å². The maximum absolute atomic E-state index is 12.4. The molecular formula is C17H15Cl3N2O4. The summed E-state index contributed by atoms with van der Waals surface area (Å²) >= 11 is 17.1. The number of phenols is 2. The lowest BCUT2D eigenvalue weighted by molar-refractivity contribution is -0.129. The van der Waals surface area contributed by atoms with Crippen molar-refractivity contribution in [1.29, 1.82) is 0 Å². The first kappa shape index (κ1) is 20.2. The number of halogens is 3. The van der Waals surface area contributed by atoms with E-state index in [1.807, 2.05) is 0 Å². The molecule has 0 aliphatic rings. The number of nitrogens with one attached hydrogen (secondary N) is 2. The zero-order valence-corrected chi connectivity index (χ0v) is 15.6. The Morgan fingerprint density at radius 3 is 1.65 bits per heavy atom. The number of anilines is 2. The number of amides is 2. The van der Waals surface area contributed by atoms with Gasteiger partial charge >= 0.3 is 0 Å². The van der Waals surface area contributed by atoms with Gasteiger partial charge in [0.2, 0.25) is 11.8 Å². The second kappa shape index (κ2) is 8.98. The molecule has 2 amide bonds. The van der Waals surface area contributed by atoms with Crippen molar-refractivity contribution in [2.75, 3.05) is 16.5 Å². The highest BCUT2D eigenvalue weighted by Crippen LogP contribution is 2.28. The Morgan fingerprint density at radius 2 is 1.31 bits per heavy atom. The van der Waals surface area contributed by atoms with Crippen LogP contribution in [0.3, 0.4) is 0 Å². The highest BCUT2D eigenvalue weighted by Gasteiger charge is 2.26. The van der Waals surface area contributed by atoms with Crippen molar-refractivity contribution in [3.63, 3.8) is 0 Å². The van der Waals surface area contributed by atoms with Crippen molar-refractivity contribution in [2.24, 2.45) is 5.92 Å². The molecule has 0 spiro atoms. The second-order valence-corrected chi connectivity index (χ2v) is 6.53. The molecule has 2 rings (SSSR count). The third kappa shape index (κ3) is 5.17. The van der Waals surface area contributed by atoms with Crippen molar-refractivity contribution >= 4 is 58.0 Å². The average Bonchev–Trinajstić information content (AvgIpc) is 2.59. The first-order valence-corrected chi connectivity index (χ1v) is 8.75. The zero-order chi connectivity index (χ0) is 19.3. The number of phenolic OH excluding ortho intramolecular Hbond substituents is 2. The Labute approximate surface area is 164 Å². The molecule has 4 N–H and O–H groups in total. The summed E-state index contributed by atoms with van der Waals surface area (Å²) in [6.07, 6.45) is 0.0956. The molecule has 0 unspecified atom stereocenters. The van der Waals surface area contributed by atoms with Gasteiger partial charge in [-0.05, 0) is 30.7 Å². The van der Waals surface area contributed by atoms with Gasteiger partial charge in [-0.1, -0.05) is 23.2 Å². The van der Waals surface area contributed by atoms with E-state index in [0.717, 1.165) is 0 Å². The molecule has 2 aromatic rings.